The average Bonchev–Trinajstić information content (AvgIpc) is 3.41. The van der Waals surface area contributed by atoms with Gasteiger partial charge in [-0.05, 0) is 30.9 Å². The van der Waals surface area contributed by atoms with Crippen LogP contribution in [-0.2, 0) is 19.9 Å². The normalized spacial score (nSPS) is 11.6. The van der Waals surface area contributed by atoms with Crippen molar-refractivity contribution in [3.63, 3.8) is 0 Å². The Kier molecular flexibility index (Phi) is 3.94. The molecular weight excluding hydrogens is 356 g/mol. The predicted molar refractivity (Wildman–Crippen MR) is 108 cm³/mol. The number of hydrogen-bond acceptors (Lipinski definition) is 5. The fourth-order valence-corrected chi connectivity index (χ4v) is 4.12. The molecule has 0 aliphatic rings. The van der Waals surface area contributed by atoms with Gasteiger partial charge >= 0.3 is 0 Å². The van der Waals surface area contributed by atoms with Gasteiger partial charge in [0.2, 0.25) is 0 Å². The van der Waals surface area contributed by atoms with Gasteiger partial charge in [0.05, 0.1) is 23.0 Å². The van der Waals surface area contributed by atoms with Gasteiger partial charge < -0.3 is 4.98 Å². The quantitative estimate of drug-likeness (QED) is 0.502. The maximum absolute atomic E-state index is 4.81. The van der Waals surface area contributed by atoms with Gasteiger partial charge in [-0.2, -0.15) is 5.10 Å². The van der Waals surface area contributed by atoms with Crippen LogP contribution in [-0.4, -0.2) is 29.7 Å². The molecule has 0 radical (unpaired) electrons. The van der Waals surface area contributed by atoms with E-state index in [9.17, 15) is 0 Å². The number of aromatic nitrogens is 6. The molecule has 5 rings (SSSR count). The molecule has 0 spiro atoms. The molecule has 0 amide bonds. The molecule has 1 aromatic carbocycles. The average molecular weight is 374 g/mol. The van der Waals surface area contributed by atoms with Crippen LogP contribution >= 0.6 is 11.3 Å². The van der Waals surface area contributed by atoms with Crippen molar-refractivity contribution in [3.05, 3.63) is 59.6 Å². The standard InChI is InChI=1S/C20H18N6S/c1-26-11-14(10-23-26)19-24-17(18-20(25-19)27-12-22-18)8-4-5-13-9-21-16-7-3-2-6-15(13)16/h2-3,6-7,9-12,21H,4-5,8H2,1H3. The third-order valence-corrected chi connectivity index (χ3v) is 5.49. The molecule has 27 heavy (non-hydrogen) atoms. The number of thiazole rings is 1. The molecule has 134 valence electrons. The largest absolute Gasteiger partial charge is 0.361 e. The Hall–Kier alpha value is -3.06. The van der Waals surface area contributed by atoms with Gasteiger partial charge in [-0.1, -0.05) is 18.2 Å². The van der Waals surface area contributed by atoms with Crippen LogP contribution < -0.4 is 0 Å². The molecule has 1 N–H and O–H groups in total. The van der Waals surface area contributed by atoms with Gasteiger partial charge in [-0.25, -0.2) is 15.0 Å². The first-order valence-electron chi connectivity index (χ1n) is 8.92. The van der Waals surface area contributed by atoms with Crippen molar-refractivity contribution in [2.75, 3.05) is 0 Å². The number of nitrogens with zero attached hydrogens (tertiary/aromatic N) is 5. The Morgan fingerprint density at radius 2 is 2.07 bits per heavy atom. The SMILES string of the molecule is Cn1cc(-c2nc(CCCc3c[nH]c4ccccc34)c3ncsc3n2)cn1. The fraction of sp³-hybridized carbons (Fsp3) is 0.200. The summed E-state index contributed by atoms with van der Waals surface area (Å²) in [5.74, 6) is 0.724. The zero-order valence-corrected chi connectivity index (χ0v) is 15.7. The molecule has 0 bridgehead atoms. The summed E-state index contributed by atoms with van der Waals surface area (Å²) < 4.78 is 1.77. The van der Waals surface area contributed by atoms with Gasteiger partial charge in [-0.3, -0.25) is 4.68 Å². The van der Waals surface area contributed by atoms with E-state index in [0.717, 1.165) is 46.7 Å². The van der Waals surface area contributed by atoms with E-state index in [4.69, 9.17) is 4.98 Å². The third kappa shape index (κ3) is 3.00. The maximum atomic E-state index is 4.81. The lowest BCUT2D eigenvalue weighted by atomic mass is 10.1. The van der Waals surface area contributed by atoms with Crippen molar-refractivity contribution >= 4 is 32.6 Å². The Labute approximate surface area is 159 Å². The number of benzene rings is 1. The Balaban J connectivity index is 1.41. The zero-order chi connectivity index (χ0) is 18.2. The second-order valence-corrected chi connectivity index (χ2v) is 7.45. The Morgan fingerprint density at radius 1 is 1.15 bits per heavy atom. The highest BCUT2D eigenvalue weighted by Gasteiger charge is 2.13. The van der Waals surface area contributed by atoms with Gasteiger partial charge in [0.25, 0.3) is 0 Å². The van der Waals surface area contributed by atoms with Crippen molar-refractivity contribution in [2.24, 2.45) is 7.05 Å². The highest BCUT2D eigenvalue weighted by atomic mass is 32.1. The molecule has 0 aliphatic heterocycles. The van der Waals surface area contributed by atoms with Crippen molar-refractivity contribution in [1.82, 2.24) is 29.7 Å². The molecule has 7 heteroatoms. The second-order valence-electron chi connectivity index (χ2n) is 6.62. The summed E-state index contributed by atoms with van der Waals surface area (Å²) in [4.78, 5) is 18.3. The first-order valence-corrected chi connectivity index (χ1v) is 9.80. The molecule has 0 aliphatic carbocycles. The molecule has 0 saturated carbocycles. The fourth-order valence-electron chi connectivity index (χ4n) is 3.44. The van der Waals surface area contributed by atoms with Crippen LogP contribution in [0.25, 0.3) is 32.6 Å². The predicted octanol–water partition coefficient (Wildman–Crippen LogP) is 4.14. The summed E-state index contributed by atoms with van der Waals surface area (Å²) in [6.07, 6.45) is 8.75. The number of aromatic amines is 1. The molecule has 0 unspecified atom stereocenters. The van der Waals surface area contributed by atoms with Crippen LogP contribution in [0.5, 0.6) is 0 Å². The smallest absolute Gasteiger partial charge is 0.164 e. The third-order valence-electron chi connectivity index (χ3n) is 4.77. The Bertz CT molecular complexity index is 1230. The number of H-pyrrole nitrogens is 1. The molecule has 0 atom stereocenters. The van der Waals surface area contributed by atoms with E-state index >= 15 is 0 Å². The summed E-state index contributed by atoms with van der Waals surface area (Å²) in [5, 5.41) is 5.54. The lowest BCUT2D eigenvalue weighted by molar-refractivity contribution is 0.768. The molecular formula is C20H18N6S. The summed E-state index contributed by atoms with van der Waals surface area (Å²) >= 11 is 1.56. The molecule has 5 aromatic rings. The van der Waals surface area contributed by atoms with E-state index in [1.165, 1.54) is 16.5 Å². The highest BCUT2D eigenvalue weighted by Crippen LogP contribution is 2.25. The van der Waals surface area contributed by atoms with Gasteiger partial charge in [0.15, 0.2) is 5.82 Å². The Morgan fingerprint density at radius 3 is 2.96 bits per heavy atom. The number of rotatable bonds is 5. The van der Waals surface area contributed by atoms with Crippen molar-refractivity contribution in [1.29, 1.82) is 0 Å². The first-order chi connectivity index (χ1) is 13.3. The molecule has 4 heterocycles. The van der Waals surface area contributed by atoms with Crippen molar-refractivity contribution < 1.29 is 0 Å². The second kappa shape index (κ2) is 6.59. The highest BCUT2D eigenvalue weighted by molar-refractivity contribution is 7.16. The van der Waals surface area contributed by atoms with E-state index < -0.39 is 0 Å². The van der Waals surface area contributed by atoms with Gasteiger partial charge in [0, 0.05) is 30.3 Å². The molecule has 0 saturated heterocycles. The summed E-state index contributed by atoms with van der Waals surface area (Å²) in [7, 11) is 1.90. The zero-order valence-electron chi connectivity index (χ0n) is 14.9. The van der Waals surface area contributed by atoms with Gasteiger partial charge in [-0.15, -0.1) is 11.3 Å². The molecule has 0 fully saturated rings. The summed E-state index contributed by atoms with van der Waals surface area (Å²) in [6.45, 7) is 0. The van der Waals surface area contributed by atoms with E-state index in [2.05, 4.69) is 50.5 Å². The van der Waals surface area contributed by atoms with Crippen molar-refractivity contribution in [2.45, 2.75) is 19.3 Å². The van der Waals surface area contributed by atoms with Crippen molar-refractivity contribution in [3.8, 4) is 11.4 Å². The number of hydrogen-bond donors (Lipinski definition) is 1. The molecule has 4 aromatic heterocycles. The van der Waals surface area contributed by atoms with Crippen LogP contribution in [0, 0.1) is 0 Å². The lowest BCUT2D eigenvalue weighted by Gasteiger charge is -2.04. The van der Waals surface area contributed by atoms with E-state index in [1.807, 2.05) is 18.8 Å². The van der Waals surface area contributed by atoms with Crippen LogP contribution in [0.3, 0.4) is 0 Å². The van der Waals surface area contributed by atoms with E-state index in [-0.39, 0.29) is 0 Å². The minimum Gasteiger partial charge on any atom is -0.361 e. The maximum Gasteiger partial charge on any atom is 0.164 e. The number of aryl methyl sites for hydroxylation is 3. The first kappa shape index (κ1) is 16.1. The van der Waals surface area contributed by atoms with Gasteiger partial charge in [0.1, 0.15) is 10.3 Å². The van der Waals surface area contributed by atoms with E-state index in [1.54, 1.807) is 22.2 Å². The van der Waals surface area contributed by atoms with E-state index in [0.29, 0.717) is 0 Å². The van der Waals surface area contributed by atoms with Crippen LogP contribution in [0.2, 0.25) is 0 Å². The summed E-state index contributed by atoms with van der Waals surface area (Å²) in [6, 6.07) is 8.43. The monoisotopic (exact) mass is 374 g/mol. The minimum absolute atomic E-state index is 0.724. The van der Waals surface area contributed by atoms with Crippen LogP contribution in [0.1, 0.15) is 17.7 Å². The topological polar surface area (TPSA) is 72.3 Å². The molecule has 6 nitrogen and oxygen atoms in total. The van der Waals surface area contributed by atoms with Crippen LogP contribution in [0.15, 0.2) is 48.4 Å². The number of fused-ring (bicyclic) bond motifs is 2. The summed E-state index contributed by atoms with van der Waals surface area (Å²) in [5.41, 5.74) is 7.25. The van der Waals surface area contributed by atoms with Crippen LogP contribution in [0.4, 0.5) is 0 Å². The number of nitrogens with one attached hydrogen (secondary N) is 1. The minimum atomic E-state index is 0.724. The lowest BCUT2D eigenvalue weighted by Crippen LogP contribution is -1.98. The number of para-hydroxylation sites is 1.